The molecule has 2 amide bonds. The van der Waals surface area contributed by atoms with Gasteiger partial charge in [-0.1, -0.05) is 18.2 Å². The quantitative estimate of drug-likeness (QED) is 0.684. The maximum Gasteiger partial charge on any atom is 0.315 e. The molecule has 2 N–H and O–H groups in total. The second kappa shape index (κ2) is 9.88. The van der Waals surface area contributed by atoms with Crippen LogP contribution in [0, 0.1) is 0 Å². The van der Waals surface area contributed by atoms with Crippen LogP contribution in [-0.4, -0.2) is 33.4 Å². The number of carbonyl (C=O) groups excluding carboxylic acids is 1. The van der Waals surface area contributed by atoms with Gasteiger partial charge in [-0.25, -0.2) is 4.79 Å². The first-order valence-corrected chi connectivity index (χ1v) is 9.67. The second-order valence-corrected chi connectivity index (χ2v) is 6.75. The minimum atomic E-state index is -0.228. The Kier molecular flexibility index (Phi) is 7.00. The summed E-state index contributed by atoms with van der Waals surface area (Å²) in [5.41, 5.74) is 3.65. The molecule has 6 heteroatoms. The Labute approximate surface area is 166 Å². The molecule has 0 heterocycles. The van der Waals surface area contributed by atoms with Gasteiger partial charge in [0.1, 0.15) is 12.4 Å². The summed E-state index contributed by atoms with van der Waals surface area (Å²) in [5, 5.41) is 5.66. The highest BCUT2D eigenvalue weighted by Crippen LogP contribution is 2.29. The molecular weight excluding hydrogens is 356 g/mol. The van der Waals surface area contributed by atoms with Crippen molar-refractivity contribution < 1.29 is 19.0 Å². The number of hydrogen-bond acceptors (Lipinski definition) is 4. The topological polar surface area (TPSA) is 68.8 Å². The van der Waals surface area contributed by atoms with Crippen molar-refractivity contribution in [2.75, 3.05) is 27.4 Å². The van der Waals surface area contributed by atoms with Gasteiger partial charge >= 0.3 is 6.03 Å². The van der Waals surface area contributed by atoms with Gasteiger partial charge in [-0.3, -0.25) is 0 Å². The molecule has 0 radical (unpaired) electrons. The van der Waals surface area contributed by atoms with Crippen LogP contribution in [0.15, 0.2) is 36.4 Å². The van der Waals surface area contributed by atoms with Gasteiger partial charge in [0.25, 0.3) is 0 Å². The highest BCUT2D eigenvalue weighted by Gasteiger charge is 2.13. The van der Waals surface area contributed by atoms with E-state index in [-0.39, 0.29) is 6.03 Å². The molecule has 0 atom stereocenters. The molecule has 0 aliphatic heterocycles. The lowest BCUT2D eigenvalue weighted by atomic mass is 9.91. The van der Waals surface area contributed by atoms with E-state index < -0.39 is 0 Å². The lowest BCUT2D eigenvalue weighted by Crippen LogP contribution is -2.37. The summed E-state index contributed by atoms with van der Waals surface area (Å²) in [5.74, 6) is 2.25. The van der Waals surface area contributed by atoms with Crippen LogP contribution in [0.3, 0.4) is 0 Å². The average molecular weight is 384 g/mol. The number of amides is 2. The first kappa shape index (κ1) is 19.9. The Morgan fingerprint density at radius 3 is 2.61 bits per heavy atom. The average Bonchev–Trinajstić information content (AvgIpc) is 2.75. The highest BCUT2D eigenvalue weighted by atomic mass is 16.5. The largest absolute Gasteiger partial charge is 0.493 e. The molecule has 150 valence electrons. The number of benzene rings is 2. The zero-order chi connectivity index (χ0) is 19.8. The summed E-state index contributed by atoms with van der Waals surface area (Å²) in [6, 6.07) is 11.6. The zero-order valence-electron chi connectivity index (χ0n) is 16.5. The van der Waals surface area contributed by atoms with E-state index in [1.165, 1.54) is 24.0 Å². The summed E-state index contributed by atoms with van der Waals surface area (Å²) in [7, 11) is 3.18. The van der Waals surface area contributed by atoms with E-state index >= 15 is 0 Å². The summed E-state index contributed by atoms with van der Waals surface area (Å²) in [6.45, 7) is 1.29. The standard InChI is InChI=1S/C22H28N2O4/c1-26-20-11-10-16(14-21(20)27-2)15-24-22(25)23-12-13-28-19-9-5-7-17-6-3-4-8-18(17)19/h5,7,9-11,14H,3-4,6,8,12-13,15H2,1-2H3,(H2,23,24,25). The van der Waals surface area contributed by atoms with Gasteiger partial charge in [0.2, 0.25) is 0 Å². The molecule has 6 nitrogen and oxygen atoms in total. The van der Waals surface area contributed by atoms with Crippen LogP contribution < -0.4 is 24.8 Å². The molecule has 28 heavy (non-hydrogen) atoms. The fraction of sp³-hybridized carbons (Fsp3) is 0.409. The van der Waals surface area contributed by atoms with Crippen molar-refractivity contribution in [2.45, 2.75) is 32.2 Å². The van der Waals surface area contributed by atoms with Crippen LogP contribution in [-0.2, 0) is 19.4 Å². The minimum absolute atomic E-state index is 0.228. The third kappa shape index (κ3) is 5.09. The molecule has 2 aromatic rings. The van der Waals surface area contributed by atoms with Gasteiger partial charge in [0, 0.05) is 6.54 Å². The van der Waals surface area contributed by atoms with Crippen LogP contribution >= 0.6 is 0 Å². The van der Waals surface area contributed by atoms with E-state index in [4.69, 9.17) is 14.2 Å². The fourth-order valence-corrected chi connectivity index (χ4v) is 3.44. The minimum Gasteiger partial charge on any atom is -0.493 e. The molecular formula is C22H28N2O4. The van der Waals surface area contributed by atoms with Crippen molar-refractivity contribution in [3.05, 3.63) is 53.1 Å². The van der Waals surface area contributed by atoms with E-state index in [1.807, 2.05) is 30.3 Å². The van der Waals surface area contributed by atoms with E-state index in [9.17, 15) is 4.79 Å². The van der Waals surface area contributed by atoms with E-state index in [2.05, 4.69) is 16.7 Å². The third-order valence-corrected chi connectivity index (χ3v) is 4.90. The first-order valence-electron chi connectivity index (χ1n) is 9.67. The Morgan fingerprint density at radius 1 is 0.964 bits per heavy atom. The van der Waals surface area contributed by atoms with Crippen molar-refractivity contribution in [3.63, 3.8) is 0 Å². The number of hydrogen-bond donors (Lipinski definition) is 2. The van der Waals surface area contributed by atoms with Crippen molar-refractivity contribution in [3.8, 4) is 17.2 Å². The third-order valence-electron chi connectivity index (χ3n) is 4.90. The van der Waals surface area contributed by atoms with Crippen molar-refractivity contribution >= 4 is 6.03 Å². The summed E-state index contributed by atoms with van der Waals surface area (Å²) in [4.78, 5) is 12.0. The van der Waals surface area contributed by atoms with Gasteiger partial charge in [-0.05, 0) is 60.6 Å². The van der Waals surface area contributed by atoms with E-state index in [0.29, 0.717) is 31.2 Å². The number of methoxy groups -OCH3 is 2. The second-order valence-electron chi connectivity index (χ2n) is 6.75. The summed E-state index contributed by atoms with van der Waals surface area (Å²) in [6.07, 6.45) is 4.66. The smallest absolute Gasteiger partial charge is 0.315 e. The monoisotopic (exact) mass is 384 g/mol. The molecule has 0 bridgehead atoms. The first-order chi connectivity index (χ1) is 13.7. The molecule has 3 rings (SSSR count). The lowest BCUT2D eigenvalue weighted by Gasteiger charge is -2.19. The number of nitrogens with one attached hydrogen (secondary N) is 2. The fourth-order valence-electron chi connectivity index (χ4n) is 3.44. The normalized spacial score (nSPS) is 12.6. The van der Waals surface area contributed by atoms with Gasteiger partial charge in [0.15, 0.2) is 11.5 Å². The number of carbonyl (C=O) groups is 1. The SMILES string of the molecule is COc1ccc(CNC(=O)NCCOc2cccc3c2CCCC3)cc1OC. The predicted molar refractivity (Wildman–Crippen MR) is 108 cm³/mol. The maximum absolute atomic E-state index is 12.0. The van der Waals surface area contributed by atoms with Gasteiger partial charge < -0.3 is 24.8 Å². The van der Waals surface area contributed by atoms with Crippen LogP contribution in [0.5, 0.6) is 17.2 Å². The Morgan fingerprint density at radius 2 is 1.79 bits per heavy atom. The zero-order valence-corrected chi connectivity index (χ0v) is 16.5. The summed E-state index contributed by atoms with van der Waals surface area (Å²) >= 11 is 0. The molecule has 0 saturated heterocycles. The number of rotatable bonds is 8. The molecule has 0 aromatic heterocycles. The number of ether oxygens (including phenoxy) is 3. The van der Waals surface area contributed by atoms with Crippen LogP contribution in [0.4, 0.5) is 4.79 Å². The van der Waals surface area contributed by atoms with Crippen LogP contribution in [0.25, 0.3) is 0 Å². The van der Waals surface area contributed by atoms with Crippen molar-refractivity contribution in [1.82, 2.24) is 10.6 Å². The molecule has 1 aliphatic rings. The lowest BCUT2D eigenvalue weighted by molar-refractivity contribution is 0.236. The number of aryl methyl sites for hydroxylation is 1. The Bertz CT molecular complexity index is 807. The highest BCUT2D eigenvalue weighted by molar-refractivity contribution is 5.73. The van der Waals surface area contributed by atoms with Crippen molar-refractivity contribution in [1.29, 1.82) is 0 Å². The molecule has 0 saturated carbocycles. The van der Waals surface area contributed by atoms with Gasteiger partial charge in [-0.15, -0.1) is 0 Å². The molecule has 1 aliphatic carbocycles. The predicted octanol–water partition coefficient (Wildman–Crippen LogP) is 3.46. The number of urea groups is 1. The van der Waals surface area contributed by atoms with Crippen molar-refractivity contribution in [2.24, 2.45) is 0 Å². The van der Waals surface area contributed by atoms with Gasteiger partial charge in [-0.2, -0.15) is 0 Å². The molecule has 0 fully saturated rings. The van der Waals surface area contributed by atoms with E-state index in [1.54, 1.807) is 14.2 Å². The molecule has 0 unspecified atom stereocenters. The van der Waals surface area contributed by atoms with E-state index in [0.717, 1.165) is 24.2 Å². The van der Waals surface area contributed by atoms with Gasteiger partial charge in [0.05, 0.1) is 20.8 Å². The Balaban J connectivity index is 1.41. The number of fused-ring (bicyclic) bond motifs is 1. The van der Waals surface area contributed by atoms with Crippen LogP contribution in [0.2, 0.25) is 0 Å². The molecule has 0 spiro atoms. The van der Waals surface area contributed by atoms with Crippen LogP contribution in [0.1, 0.15) is 29.5 Å². The Hall–Kier alpha value is -2.89. The summed E-state index contributed by atoms with van der Waals surface area (Å²) < 4.78 is 16.4. The molecule has 2 aromatic carbocycles. The maximum atomic E-state index is 12.0.